The van der Waals surface area contributed by atoms with Gasteiger partial charge in [0.05, 0.1) is 19.8 Å². The van der Waals surface area contributed by atoms with Crippen molar-refractivity contribution in [2.75, 3.05) is 19.8 Å². The van der Waals surface area contributed by atoms with E-state index in [9.17, 15) is 55.5 Å². The molecule has 3 heterocycles. The Morgan fingerprint density at radius 3 is 1.38 bits per heavy atom. The molecule has 0 aromatic heterocycles. The van der Waals surface area contributed by atoms with Gasteiger partial charge in [-0.25, -0.2) is 0 Å². The van der Waals surface area contributed by atoms with E-state index in [0.717, 1.165) is 13.8 Å². The van der Waals surface area contributed by atoms with Gasteiger partial charge in [-0.15, -0.1) is 0 Å². The molecule has 18 nitrogen and oxygen atoms in total. The molecule has 0 spiro atoms. The van der Waals surface area contributed by atoms with Gasteiger partial charge in [0.25, 0.3) is 0 Å². The minimum Gasteiger partial charge on any atom is -0.394 e. The van der Waals surface area contributed by atoms with Crippen molar-refractivity contribution in [2.24, 2.45) is 0 Å². The molecule has 3 aliphatic rings. The third-order valence-corrected chi connectivity index (χ3v) is 6.90. The maximum absolute atomic E-state index is 11.8. The fourth-order valence-corrected chi connectivity index (χ4v) is 4.86. The molecule has 3 fully saturated rings. The summed E-state index contributed by atoms with van der Waals surface area (Å²) >= 11 is 0. The van der Waals surface area contributed by atoms with Crippen molar-refractivity contribution in [2.45, 2.75) is 106 Å². The van der Waals surface area contributed by atoms with Gasteiger partial charge in [0.2, 0.25) is 11.8 Å². The van der Waals surface area contributed by atoms with Gasteiger partial charge < -0.3 is 80.3 Å². The molecule has 0 radical (unpaired) electrons. The molecule has 15 atom stereocenters. The molecule has 11 N–H and O–H groups in total. The summed E-state index contributed by atoms with van der Waals surface area (Å²) in [6, 6.07) is -2.89. The molecule has 2 amide bonds. The fourth-order valence-electron chi connectivity index (χ4n) is 4.86. The van der Waals surface area contributed by atoms with Crippen LogP contribution in [0.25, 0.3) is 0 Å². The van der Waals surface area contributed by atoms with Crippen LogP contribution >= 0.6 is 0 Å². The van der Waals surface area contributed by atoms with Crippen LogP contribution in [0.2, 0.25) is 0 Å². The SMILES string of the molecule is CC(=O)N[C@H]1[C@H](O[C@@H]2[C@@H](O)[C@H](O)O[C@H](CO)[C@@H]2O[C@@H]2O[C@H](CO)[C@@H](O)[C@H](O)[C@H]2NC(C)=O)O[C@H](CO)[C@@H](O)[C@@H]1O. The number of hydrogen-bond acceptors (Lipinski definition) is 16. The maximum atomic E-state index is 11.8. The average molecular weight is 587 g/mol. The Kier molecular flexibility index (Phi) is 11.5. The van der Waals surface area contributed by atoms with Gasteiger partial charge in [-0.3, -0.25) is 9.59 Å². The van der Waals surface area contributed by atoms with Gasteiger partial charge in [-0.2, -0.15) is 0 Å². The molecule has 0 saturated carbocycles. The van der Waals surface area contributed by atoms with Crippen LogP contribution in [-0.2, 0) is 33.3 Å². The number of aliphatic hydroxyl groups is 9. The van der Waals surface area contributed by atoms with Crippen LogP contribution in [-0.4, -0.2) is 170 Å². The first-order valence-corrected chi connectivity index (χ1v) is 12.6. The standard InChI is InChI=1S/C22H38N2O16/c1-6(28)23-11-15(32)13(30)8(3-25)37-21(11)39-18-10(5-27)36-20(35)17(34)19(18)40-22-12(24-7(2)29)16(33)14(31)9(4-26)38-22/h8-22,25-27,30-35H,3-5H2,1-2H3,(H,23,28)(H,24,29)/t8-,9-,10-,11-,12-,13-,14-,15-,16-,17-,18+,19-,20-,21+,22+/m1/s1. The molecule has 0 unspecified atom stereocenters. The van der Waals surface area contributed by atoms with Gasteiger partial charge in [-0.1, -0.05) is 0 Å². The van der Waals surface area contributed by atoms with Gasteiger partial charge in [0, 0.05) is 13.8 Å². The zero-order valence-electron chi connectivity index (χ0n) is 21.7. The quantitative estimate of drug-likeness (QED) is 0.120. The average Bonchev–Trinajstić information content (AvgIpc) is 2.90. The van der Waals surface area contributed by atoms with Crippen LogP contribution < -0.4 is 10.6 Å². The van der Waals surface area contributed by atoms with Crippen molar-refractivity contribution in [3.8, 4) is 0 Å². The lowest BCUT2D eigenvalue weighted by Gasteiger charge is -2.49. The number of ether oxygens (including phenoxy) is 5. The molecule has 18 heteroatoms. The molecule has 3 aliphatic heterocycles. The van der Waals surface area contributed by atoms with Crippen molar-refractivity contribution in [3.63, 3.8) is 0 Å². The van der Waals surface area contributed by atoms with E-state index in [0.29, 0.717) is 0 Å². The van der Waals surface area contributed by atoms with Gasteiger partial charge in [0.15, 0.2) is 18.9 Å². The van der Waals surface area contributed by atoms with E-state index in [1.807, 2.05) is 0 Å². The minimum absolute atomic E-state index is 0.658. The fraction of sp³-hybridized carbons (Fsp3) is 0.909. The molecular formula is C22H38N2O16. The summed E-state index contributed by atoms with van der Waals surface area (Å²) in [4.78, 5) is 23.6. The van der Waals surface area contributed by atoms with E-state index in [1.165, 1.54) is 0 Å². The lowest BCUT2D eigenvalue weighted by atomic mass is 9.94. The van der Waals surface area contributed by atoms with Crippen LogP contribution in [0.15, 0.2) is 0 Å². The summed E-state index contributed by atoms with van der Waals surface area (Å²) in [5.74, 6) is -1.32. The van der Waals surface area contributed by atoms with E-state index in [-0.39, 0.29) is 0 Å². The highest BCUT2D eigenvalue weighted by molar-refractivity contribution is 5.73. The summed E-state index contributed by atoms with van der Waals surface area (Å²) in [5.41, 5.74) is 0. The lowest BCUT2D eigenvalue weighted by molar-refractivity contribution is -0.369. The number of rotatable bonds is 9. The van der Waals surface area contributed by atoms with Crippen LogP contribution in [0.5, 0.6) is 0 Å². The van der Waals surface area contributed by atoms with E-state index in [1.54, 1.807) is 0 Å². The highest BCUT2D eigenvalue weighted by Gasteiger charge is 2.54. The first kappa shape index (κ1) is 32.9. The molecule has 3 saturated heterocycles. The number of hydrogen-bond donors (Lipinski definition) is 11. The van der Waals surface area contributed by atoms with Crippen LogP contribution in [0, 0.1) is 0 Å². The predicted octanol–water partition coefficient (Wildman–Crippen LogP) is -7.29. The van der Waals surface area contributed by atoms with Crippen molar-refractivity contribution < 1.29 is 79.2 Å². The Morgan fingerprint density at radius 1 is 0.600 bits per heavy atom. The summed E-state index contributed by atoms with van der Waals surface area (Å²) in [5, 5.41) is 96.6. The maximum Gasteiger partial charge on any atom is 0.217 e. The summed E-state index contributed by atoms with van der Waals surface area (Å²) in [6.45, 7) is -0.162. The topological polar surface area (TPSA) is 286 Å². The Balaban J connectivity index is 1.95. The predicted molar refractivity (Wildman–Crippen MR) is 124 cm³/mol. The monoisotopic (exact) mass is 586 g/mol. The zero-order chi connectivity index (χ0) is 29.9. The van der Waals surface area contributed by atoms with Crippen LogP contribution in [0.1, 0.15) is 13.8 Å². The highest BCUT2D eigenvalue weighted by Crippen LogP contribution is 2.33. The molecular weight excluding hydrogens is 548 g/mol. The van der Waals surface area contributed by atoms with Crippen LogP contribution in [0.3, 0.4) is 0 Å². The number of carbonyl (C=O) groups is 2. The molecule has 0 aliphatic carbocycles. The highest BCUT2D eigenvalue weighted by atomic mass is 16.7. The summed E-state index contributed by atoms with van der Waals surface area (Å²) in [7, 11) is 0. The van der Waals surface area contributed by atoms with E-state index < -0.39 is 124 Å². The zero-order valence-corrected chi connectivity index (χ0v) is 21.7. The largest absolute Gasteiger partial charge is 0.394 e. The number of amides is 2. The van der Waals surface area contributed by atoms with Gasteiger partial charge >= 0.3 is 0 Å². The van der Waals surface area contributed by atoms with E-state index >= 15 is 0 Å². The molecule has 0 aromatic rings. The second-order valence-corrected chi connectivity index (χ2v) is 9.81. The first-order chi connectivity index (χ1) is 18.8. The second kappa shape index (κ2) is 14.0. The van der Waals surface area contributed by atoms with Gasteiger partial charge in [-0.05, 0) is 0 Å². The Bertz CT molecular complexity index is 802. The molecule has 40 heavy (non-hydrogen) atoms. The third-order valence-electron chi connectivity index (χ3n) is 6.90. The van der Waals surface area contributed by atoms with Crippen molar-refractivity contribution in [1.29, 1.82) is 0 Å². The van der Waals surface area contributed by atoms with Crippen molar-refractivity contribution >= 4 is 11.8 Å². The molecule has 232 valence electrons. The second-order valence-electron chi connectivity index (χ2n) is 9.81. The van der Waals surface area contributed by atoms with Crippen molar-refractivity contribution in [1.82, 2.24) is 10.6 Å². The molecule has 0 bridgehead atoms. The van der Waals surface area contributed by atoms with Crippen LogP contribution in [0.4, 0.5) is 0 Å². The normalized spacial score (nSPS) is 46.0. The van der Waals surface area contributed by atoms with Crippen molar-refractivity contribution in [3.05, 3.63) is 0 Å². The Morgan fingerprint density at radius 2 is 1.00 bits per heavy atom. The minimum atomic E-state index is -1.95. The number of nitrogens with one attached hydrogen (secondary N) is 2. The third kappa shape index (κ3) is 7.05. The number of aliphatic hydroxyl groups excluding tert-OH is 9. The first-order valence-electron chi connectivity index (χ1n) is 12.6. The van der Waals surface area contributed by atoms with E-state index in [4.69, 9.17) is 23.7 Å². The van der Waals surface area contributed by atoms with Gasteiger partial charge in [0.1, 0.15) is 73.1 Å². The lowest BCUT2D eigenvalue weighted by Crippen LogP contribution is -2.69. The number of carbonyl (C=O) groups excluding carboxylic acids is 2. The summed E-state index contributed by atoms with van der Waals surface area (Å²) in [6.07, 6.45) is -21.5. The summed E-state index contributed by atoms with van der Waals surface area (Å²) < 4.78 is 28.0. The molecule has 0 aromatic carbocycles. The Labute approximate surface area is 228 Å². The smallest absolute Gasteiger partial charge is 0.217 e. The molecule has 3 rings (SSSR count). The Hall–Kier alpha value is -1.62. The van der Waals surface area contributed by atoms with E-state index in [2.05, 4.69) is 10.6 Å².